The molecule has 7 nitrogen and oxygen atoms in total. The van der Waals surface area contributed by atoms with Gasteiger partial charge in [-0.2, -0.15) is 0 Å². The van der Waals surface area contributed by atoms with E-state index in [1.165, 1.54) is 6.08 Å². The predicted octanol–water partition coefficient (Wildman–Crippen LogP) is 2.67. The molecule has 1 heterocycles. The van der Waals surface area contributed by atoms with Crippen LogP contribution in [-0.2, 0) is 14.4 Å². The standard InChI is InChI=1S/C17H17Cl2N3O4S/c1-2-14(23)21-9-15(24)20-5-6-22-16(25)13(27-17(22)26)7-10-3-4-11(18)8-12(10)19/h3-4,7-8H,2,5-6,9H2,1H3,(H,20,24)(H,21,23)/b13-7-. The van der Waals surface area contributed by atoms with E-state index in [1.807, 2.05) is 0 Å². The molecule has 2 rings (SSSR count). The maximum atomic E-state index is 12.4. The van der Waals surface area contributed by atoms with Crippen molar-refractivity contribution in [2.24, 2.45) is 0 Å². The largest absolute Gasteiger partial charge is 0.353 e. The lowest BCUT2D eigenvalue weighted by Crippen LogP contribution is -2.41. The van der Waals surface area contributed by atoms with E-state index in [0.29, 0.717) is 15.6 Å². The highest BCUT2D eigenvalue weighted by Gasteiger charge is 2.34. The number of amides is 4. The number of nitrogens with zero attached hydrogens (tertiary/aromatic N) is 1. The zero-order valence-electron chi connectivity index (χ0n) is 14.4. The summed E-state index contributed by atoms with van der Waals surface area (Å²) in [5, 5.41) is 5.40. The van der Waals surface area contributed by atoms with Crippen LogP contribution in [0.15, 0.2) is 23.1 Å². The number of imide groups is 1. The molecule has 0 aliphatic carbocycles. The smallest absolute Gasteiger partial charge is 0.293 e. The van der Waals surface area contributed by atoms with Crippen molar-refractivity contribution in [3.05, 3.63) is 38.7 Å². The van der Waals surface area contributed by atoms with Crippen molar-refractivity contribution in [3.8, 4) is 0 Å². The van der Waals surface area contributed by atoms with Crippen LogP contribution in [0.25, 0.3) is 6.08 Å². The Kier molecular flexibility index (Phi) is 7.70. The number of carbonyl (C=O) groups excluding carboxylic acids is 4. The maximum Gasteiger partial charge on any atom is 0.293 e. The Labute approximate surface area is 170 Å². The molecule has 10 heteroatoms. The minimum atomic E-state index is -0.454. The highest BCUT2D eigenvalue weighted by Crippen LogP contribution is 2.33. The molecule has 0 bridgehead atoms. The number of benzene rings is 1. The first-order valence-corrected chi connectivity index (χ1v) is 9.63. The minimum Gasteiger partial charge on any atom is -0.353 e. The number of hydrogen-bond donors (Lipinski definition) is 2. The number of thioether (sulfide) groups is 1. The molecule has 1 saturated heterocycles. The Morgan fingerprint density at radius 3 is 2.59 bits per heavy atom. The van der Waals surface area contributed by atoms with Gasteiger partial charge < -0.3 is 10.6 Å². The van der Waals surface area contributed by atoms with Crippen molar-refractivity contribution < 1.29 is 19.2 Å². The van der Waals surface area contributed by atoms with Crippen LogP contribution in [-0.4, -0.2) is 47.5 Å². The van der Waals surface area contributed by atoms with Gasteiger partial charge in [-0.05, 0) is 35.5 Å². The third-order valence-corrected chi connectivity index (χ3v) is 5.02. The van der Waals surface area contributed by atoms with Gasteiger partial charge in [0.05, 0.1) is 11.4 Å². The van der Waals surface area contributed by atoms with E-state index in [4.69, 9.17) is 23.2 Å². The summed E-state index contributed by atoms with van der Waals surface area (Å²) < 4.78 is 0. The van der Waals surface area contributed by atoms with E-state index in [-0.39, 0.29) is 36.9 Å². The van der Waals surface area contributed by atoms with E-state index >= 15 is 0 Å². The van der Waals surface area contributed by atoms with Crippen LogP contribution in [0, 0.1) is 0 Å². The second-order valence-corrected chi connectivity index (χ2v) is 7.32. The summed E-state index contributed by atoms with van der Waals surface area (Å²) in [4.78, 5) is 48.5. The molecule has 0 radical (unpaired) electrons. The van der Waals surface area contributed by atoms with Crippen molar-refractivity contribution in [2.45, 2.75) is 13.3 Å². The van der Waals surface area contributed by atoms with Gasteiger partial charge in [0.1, 0.15) is 0 Å². The van der Waals surface area contributed by atoms with Crippen LogP contribution in [0.2, 0.25) is 10.0 Å². The van der Waals surface area contributed by atoms with Crippen LogP contribution < -0.4 is 10.6 Å². The molecule has 0 atom stereocenters. The molecule has 0 saturated carbocycles. The van der Waals surface area contributed by atoms with Crippen LogP contribution >= 0.6 is 35.0 Å². The second kappa shape index (κ2) is 9.77. The van der Waals surface area contributed by atoms with E-state index in [1.54, 1.807) is 25.1 Å². The number of halogens is 2. The maximum absolute atomic E-state index is 12.4. The van der Waals surface area contributed by atoms with E-state index in [9.17, 15) is 19.2 Å². The first kappa shape index (κ1) is 21.3. The van der Waals surface area contributed by atoms with E-state index in [2.05, 4.69) is 10.6 Å². The first-order valence-electron chi connectivity index (χ1n) is 8.05. The molecule has 0 unspecified atom stereocenters. The molecule has 27 heavy (non-hydrogen) atoms. The summed E-state index contributed by atoms with van der Waals surface area (Å²) in [6, 6.07) is 4.84. The molecule has 1 aliphatic heterocycles. The van der Waals surface area contributed by atoms with E-state index in [0.717, 1.165) is 16.7 Å². The third-order valence-electron chi connectivity index (χ3n) is 3.55. The lowest BCUT2D eigenvalue weighted by molar-refractivity contribution is -0.126. The van der Waals surface area contributed by atoms with Gasteiger partial charge >= 0.3 is 0 Å². The average molecular weight is 430 g/mol. The topological polar surface area (TPSA) is 95.6 Å². The van der Waals surface area contributed by atoms with Gasteiger partial charge in [0.2, 0.25) is 11.8 Å². The summed E-state index contributed by atoms with van der Waals surface area (Å²) in [6.45, 7) is 1.65. The predicted molar refractivity (Wildman–Crippen MR) is 105 cm³/mol. The lowest BCUT2D eigenvalue weighted by Gasteiger charge is -2.13. The molecule has 4 amide bonds. The van der Waals surface area contributed by atoms with Crippen molar-refractivity contribution in [1.29, 1.82) is 0 Å². The normalized spacial score (nSPS) is 15.4. The highest BCUT2D eigenvalue weighted by molar-refractivity contribution is 8.18. The van der Waals surface area contributed by atoms with Crippen molar-refractivity contribution in [1.82, 2.24) is 15.5 Å². The number of carbonyl (C=O) groups is 4. The molecule has 1 aromatic carbocycles. The third kappa shape index (κ3) is 5.98. The van der Waals surface area contributed by atoms with Crippen LogP contribution in [0.4, 0.5) is 4.79 Å². The average Bonchev–Trinajstić information content (AvgIpc) is 2.89. The van der Waals surface area contributed by atoms with Crippen molar-refractivity contribution in [2.75, 3.05) is 19.6 Å². The van der Waals surface area contributed by atoms with Crippen molar-refractivity contribution in [3.63, 3.8) is 0 Å². The Balaban J connectivity index is 1.91. The Bertz CT molecular complexity index is 813. The highest BCUT2D eigenvalue weighted by atomic mass is 35.5. The molecule has 2 N–H and O–H groups in total. The SMILES string of the molecule is CCC(=O)NCC(=O)NCCN1C(=O)S/C(=C\c2ccc(Cl)cc2Cl)C1=O. The van der Waals surface area contributed by atoms with Gasteiger partial charge in [-0.15, -0.1) is 0 Å². The summed E-state index contributed by atoms with van der Waals surface area (Å²) in [5.74, 6) is -1.08. The fraction of sp³-hybridized carbons (Fsp3) is 0.294. The molecule has 0 aromatic heterocycles. The number of rotatable bonds is 7. The number of hydrogen-bond acceptors (Lipinski definition) is 5. The van der Waals surface area contributed by atoms with Gasteiger partial charge in [0, 0.05) is 29.6 Å². The summed E-state index contributed by atoms with van der Waals surface area (Å²) in [5.41, 5.74) is 0.575. The first-order chi connectivity index (χ1) is 12.8. The minimum absolute atomic E-state index is 0.0316. The van der Waals surface area contributed by atoms with Crippen LogP contribution in [0.3, 0.4) is 0 Å². The summed E-state index contributed by atoms with van der Waals surface area (Å²) in [7, 11) is 0. The Morgan fingerprint density at radius 2 is 1.93 bits per heavy atom. The van der Waals surface area contributed by atoms with Crippen molar-refractivity contribution >= 4 is 64.0 Å². The van der Waals surface area contributed by atoms with Gasteiger partial charge in [-0.3, -0.25) is 24.1 Å². The second-order valence-electron chi connectivity index (χ2n) is 5.48. The molecule has 1 aliphatic rings. The Morgan fingerprint density at radius 1 is 1.19 bits per heavy atom. The molecule has 1 fully saturated rings. The number of nitrogens with one attached hydrogen (secondary N) is 2. The van der Waals surface area contributed by atoms with Gasteiger partial charge in [-0.1, -0.05) is 36.2 Å². The summed E-state index contributed by atoms with van der Waals surface area (Å²) in [6.07, 6.45) is 1.82. The zero-order valence-corrected chi connectivity index (χ0v) is 16.7. The fourth-order valence-corrected chi connectivity index (χ4v) is 3.45. The quantitative estimate of drug-likeness (QED) is 0.649. The summed E-state index contributed by atoms with van der Waals surface area (Å²) >= 11 is 12.7. The zero-order chi connectivity index (χ0) is 20.0. The van der Waals surface area contributed by atoms with Crippen LogP contribution in [0.1, 0.15) is 18.9 Å². The fourth-order valence-electron chi connectivity index (χ4n) is 2.13. The van der Waals surface area contributed by atoms with Gasteiger partial charge in [-0.25, -0.2) is 0 Å². The molecule has 144 valence electrons. The van der Waals surface area contributed by atoms with Gasteiger partial charge in [0.15, 0.2) is 0 Å². The molecular formula is C17H17Cl2N3O4S. The Hall–Kier alpha value is -2.03. The molecule has 0 spiro atoms. The van der Waals surface area contributed by atoms with Gasteiger partial charge in [0.25, 0.3) is 11.1 Å². The molecular weight excluding hydrogens is 413 g/mol. The lowest BCUT2D eigenvalue weighted by atomic mass is 10.2. The molecule has 1 aromatic rings. The van der Waals surface area contributed by atoms with E-state index < -0.39 is 17.1 Å². The monoisotopic (exact) mass is 429 g/mol. The van der Waals surface area contributed by atoms with Crippen LogP contribution in [0.5, 0.6) is 0 Å².